The van der Waals surface area contributed by atoms with Gasteiger partial charge in [-0.25, -0.2) is 0 Å². The van der Waals surface area contributed by atoms with Crippen molar-refractivity contribution >= 4 is 11.6 Å². The maximum Gasteiger partial charge on any atom is 0.258 e. The Labute approximate surface area is 132 Å². The zero-order valence-electron chi connectivity index (χ0n) is 13.6. The number of benzene rings is 2. The quantitative estimate of drug-likeness (QED) is 0.902. The molecule has 3 heteroatoms. The lowest BCUT2D eigenvalue weighted by Crippen LogP contribution is -2.58. The summed E-state index contributed by atoms with van der Waals surface area (Å²) in [5, 5.41) is 3.58. The third-order valence-corrected chi connectivity index (χ3v) is 4.37. The van der Waals surface area contributed by atoms with E-state index in [1.807, 2.05) is 29.2 Å². The summed E-state index contributed by atoms with van der Waals surface area (Å²) in [6.07, 6.45) is 0. The number of carbonyl (C=O) groups excluding carboxylic acids is 1. The van der Waals surface area contributed by atoms with Crippen molar-refractivity contribution in [2.75, 3.05) is 5.32 Å². The van der Waals surface area contributed by atoms with E-state index < -0.39 is 5.66 Å². The second kappa shape index (κ2) is 5.16. The first kappa shape index (κ1) is 14.6. The summed E-state index contributed by atoms with van der Waals surface area (Å²) in [6, 6.07) is 16.2. The van der Waals surface area contributed by atoms with Crippen molar-refractivity contribution in [1.29, 1.82) is 0 Å². The van der Waals surface area contributed by atoms with E-state index in [0.29, 0.717) is 0 Å². The van der Waals surface area contributed by atoms with Crippen LogP contribution in [0.3, 0.4) is 0 Å². The van der Waals surface area contributed by atoms with Crippen LogP contribution in [0.5, 0.6) is 0 Å². The van der Waals surface area contributed by atoms with E-state index in [2.05, 4.69) is 57.3 Å². The second-order valence-electron chi connectivity index (χ2n) is 6.38. The maximum absolute atomic E-state index is 13.0. The van der Waals surface area contributed by atoms with Gasteiger partial charge >= 0.3 is 0 Å². The molecule has 0 saturated carbocycles. The molecule has 1 amide bonds. The zero-order chi connectivity index (χ0) is 15.9. The molecule has 0 fully saturated rings. The van der Waals surface area contributed by atoms with Crippen LogP contribution in [0.15, 0.2) is 48.5 Å². The van der Waals surface area contributed by atoms with Crippen LogP contribution in [0.4, 0.5) is 5.69 Å². The number of hydrogen-bond acceptors (Lipinski definition) is 2. The van der Waals surface area contributed by atoms with E-state index in [9.17, 15) is 4.79 Å². The molecule has 2 aromatic carbocycles. The summed E-state index contributed by atoms with van der Waals surface area (Å²) in [7, 11) is 0. The number of nitrogens with zero attached hydrogens (tertiary/aromatic N) is 1. The van der Waals surface area contributed by atoms with Crippen LogP contribution in [-0.4, -0.2) is 16.8 Å². The first-order chi connectivity index (χ1) is 10.4. The van der Waals surface area contributed by atoms with Gasteiger partial charge in [-0.3, -0.25) is 4.79 Å². The molecule has 1 N–H and O–H groups in total. The number of amides is 1. The Bertz CT molecular complexity index is 706. The molecule has 0 spiro atoms. The van der Waals surface area contributed by atoms with Crippen molar-refractivity contribution < 1.29 is 4.79 Å². The smallest absolute Gasteiger partial charge is 0.258 e. The number of fused-ring (bicyclic) bond motifs is 1. The molecule has 1 atom stereocenters. The number of para-hydroxylation sites is 1. The van der Waals surface area contributed by atoms with Gasteiger partial charge in [0, 0.05) is 11.7 Å². The Hall–Kier alpha value is -2.29. The molecule has 0 aromatic heterocycles. The highest BCUT2D eigenvalue weighted by molar-refractivity contribution is 6.02. The normalized spacial score (nSPS) is 20.8. The molecule has 0 aliphatic carbocycles. The minimum atomic E-state index is -0.548. The largest absolute Gasteiger partial charge is 0.358 e. The fraction of sp³-hybridized carbons (Fsp3) is 0.316. The standard InChI is InChI=1S/C19H22N2O/c1-13(2)21-18(22)16-7-5-6-8-17(16)20-19(21,4)15-11-9-14(3)10-12-15/h5-13,20H,1-4H3. The van der Waals surface area contributed by atoms with Crippen LogP contribution in [0.2, 0.25) is 0 Å². The predicted molar refractivity (Wildman–Crippen MR) is 89.9 cm³/mol. The lowest BCUT2D eigenvalue weighted by Gasteiger charge is -2.48. The molecule has 1 aliphatic rings. The van der Waals surface area contributed by atoms with Crippen molar-refractivity contribution in [2.24, 2.45) is 0 Å². The topological polar surface area (TPSA) is 32.3 Å². The number of rotatable bonds is 2. The summed E-state index contributed by atoms with van der Waals surface area (Å²) in [5.74, 6) is 0.0763. The van der Waals surface area contributed by atoms with Gasteiger partial charge in [-0.05, 0) is 45.4 Å². The molecule has 1 unspecified atom stereocenters. The Morgan fingerprint density at radius 3 is 2.32 bits per heavy atom. The highest BCUT2D eigenvalue weighted by atomic mass is 16.2. The first-order valence-corrected chi connectivity index (χ1v) is 7.71. The number of aryl methyl sites for hydroxylation is 1. The van der Waals surface area contributed by atoms with Crippen molar-refractivity contribution in [3.63, 3.8) is 0 Å². The minimum Gasteiger partial charge on any atom is -0.358 e. The molecule has 0 saturated heterocycles. The SMILES string of the molecule is Cc1ccc(C2(C)Nc3ccccc3C(=O)N2C(C)C)cc1. The van der Waals surface area contributed by atoms with Crippen LogP contribution in [0, 0.1) is 6.92 Å². The van der Waals surface area contributed by atoms with Crippen LogP contribution in [0.25, 0.3) is 0 Å². The Morgan fingerprint density at radius 1 is 1.05 bits per heavy atom. The van der Waals surface area contributed by atoms with Gasteiger partial charge in [0.25, 0.3) is 5.91 Å². The Kier molecular flexibility index (Phi) is 3.44. The second-order valence-corrected chi connectivity index (χ2v) is 6.38. The first-order valence-electron chi connectivity index (χ1n) is 7.71. The number of nitrogens with one attached hydrogen (secondary N) is 1. The van der Waals surface area contributed by atoms with Gasteiger partial charge in [0.1, 0.15) is 5.66 Å². The summed E-state index contributed by atoms with van der Waals surface area (Å²) in [4.78, 5) is 14.9. The highest BCUT2D eigenvalue weighted by Crippen LogP contribution is 2.38. The molecule has 0 bridgehead atoms. The summed E-state index contributed by atoms with van der Waals surface area (Å²) < 4.78 is 0. The number of hydrogen-bond donors (Lipinski definition) is 1. The third kappa shape index (κ3) is 2.17. The summed E-state index contributed by atoms with van der Waals surface area (Å²) in [6.45, 7) is 8.26. The van der Waals surface area contributed by atoms with E-state index >= 15 is 0 Å². The van der Waals surface area contributed by atoms with Gasteiger partial charge in [0.05, 0.1) is 5.56 Å². The molecule has 114 valence electrons. The van der Waals surface area contributed by atoms with Crippen molar-refractivity contribution in [1.82, 2.24) is 4.90 Å². The van der Waals surface area contributed by atoms with Gasteiger partial charge in [-0.1, -0.05) is 42.0 Å². The summed E-state index contributed by atoms with van der Waals surface area (Å²) >= 11 is 0. The lowest BCUT2D eigenvalue weighted by atomic mass is 9.92. The molecule has 2 aromatic rings. The minimum absolute atomic E-state index is 0.0763. The van der Waals surface area contributed by atoms with Gasteiger partial charge < -0.3 is 10.2 Å². The fourth-order valence-electron chi connectivity index (χ4n) is 3.27. The van der Waals surface area contributed by atoms with Gasteiger partial charge in [-0.2, -0.15) is 0 Å². The van der Waals surface area contributed by atoms with Gasteiger partial charge in [0.2, 0.25) is 0 Å². The van der Waals surface area contributed by atoms with E-state index in [4.69, 9.17) is 0 Å². The summed E-state index contributed by atoms with van der Waals surface area (Å²) in [5.41, 5.74) is 3.39. The average molecular weight is 294 g/mol. The predicted octanol–water partition coefficient (Wildman–Crippen LogP) is 4.14. The molecule has 3 nitrogen and oxygen atoms in total. The molecule has 1 aliphatic heterocycles. The molecule has 0 radical (unpaired) electrons. The molecule has 22 heavy (non-hydrogen) atoms. The van der Waals surface area contributed by atoms with Crippen LogP contribution in [0.1, 0.15) is 42.3 Å². The molecule has 3 rings (SSSR count). The number of anilines is 1. The average Bonchev–Trinajstić information content (AvgIpc) is 2.47. The number of carbonyl (C=O) groups is 1. The lowest BCUT2D eigenvalue weighted by molar-refractivity contribution is 0.0434. The molecule has 1 heterocycles. The van der Waals surface area contributed by atoms with Gasteiger partial charge in [-0.15, -0.1) is 0 Å². The van der Waals surface area contributed by atoms with Crippen molar-refractivity contribution in [2.45, 2.75) is 39.4 Å². The maximum atomic E-state index is 13.0. The van der Waals surface area contributed by atoms with Crippen molar-refractivity contribution in [3.05, 3.63) is 65.2 Å². The van der Waals surface area contributed by atoms with Gasteiger partial charge in [0.15, 0.2) is 0 Å². The van der Waals surface area contributed by atoms with E-state index in [-0.39, 0.29) is 11.9 Å². The van der Waals surface area contributed by atoms with Crippen LogP contribution in [-0.2, 0) is 5.66 Å². The van der Waals surface area contributed by atoms with E-state index in [1.54, 1.807) is 0 Å². The fourth-order valence-corrected chi connectivity index (χ4v) is 3.27. The Morgan fingerprint density at radius 2 is 1.68 bits per heavy atom. The zero-order valence-corrected chi connectivity index (χ0v) is 13.6. The third-order valence-electron chi connectivity index (χ3n) is 4.37. The van der Waals surface area contributed by atoms with E-state index in [1.165, 1.54) is 5.56 Å². The molecular weight excluding hydrogens is 272 g/mol. The monoisotopic (exact) mass is 294 g/mol. The molecular formula is C19H22N2O. The Balaban J connectivity index is 2.16. The van der Waals surface area contributed by atoms with Crippen LogP contribution >= 0.6 is 0 Å². The van der Waals surface area contributed by atoms with Crippen LogP contribution < -0.4 is 5.32 Å². The highest BCUT2D eigenvalue weighted by Gasteiger charge is 2.43. The van der Waals surface area contributed by atoms with Crippen molar-refractivity contribution in [3.8, 4) is 0 Å². The van der Waals surface area contributed by atoms with E-state index in [0.717, 1.165) is 16.8 Å².